The highest BCUT2D eigenvalue weighted by molar-refractivity contribution is 14.1. The van der Waals surface area contributed by atoms with E-state index in [4.69, 9.17) is 11.6 Å². The molecule has 0 fully saturated rings. The van der Waals surface area contributed by atoms with Gasteiger partial charge in [0, 0.05) is 15.7 Å². The maximum Gasteiger partial charge on any atom is 0.169 e. The Morgan fingerprint density at radius 1 is 1.38 bits per heavy atom. The molecule has 0 radical (unpaired) electrons. The van der Waals surface area contributed by atoms with E-state index < -0.39 is 0 Å². The largest absolute Gasteiger partial charge is 0.294 e. The first-order valence-electron chi connectivity index (χ1n) is 7.01. The smallest absolute Gasteiger partial charge is 0.169 e. The summed E-state index contributed by atoms with van der Waals surface area (Å²) in [5, 5.41) is 5.10. The van der Waals surface area contributed by atoms with Crippen LogP contribution in [-0.2, 0) is 19.4 Å². The molecule has 1 aromatic heterocycles. The average molecular weight is 417 g/mol. The Hall–Kier alpha value is -0.880. The Balaban J connectivity index is 2.36. The summed E-state index contributed by atoms with van der Waals surface area (Å²) >= 11 is 8.60. The number of Topliss-reactive ketones (excluding diaryl/α,β-unsaturated/α-hetero) is 1. The molecule has 21 heavy (non-hydrogen) atoms. The van der Waals surface area contributed by atoms with E-state index in [1.165, 1.54) is 0 Å². The molecule has 0 spiro atoms. The third-order valence-corrected chi connectivity index (χ3v) is 5.38. The SMILES string of the molecule is CCc1nn(CC)c(CC(=O)c2cccc(C)c2I)c1Cl. The van der Waals surface area contributed by atoms with E-state index in [0.29, 0.717) is 18.0 Å². The molecule has 0 saturated carbocycles. The van der Waals surface area contributed by atoms with Crippen molar-refractivity contribution in [1.82, 2.24) is 9.78 Å². The van der Waals surface area contributed by atoms with Crippen molar-refractivity contribution in [2.75, 3.05) is 0 Å². The molecular weight excluding hydrogens is 399 g/mol. The minimum atomic E-state index is 0.0854. The molecule has 3 nitrogen and oxygen atoms in total. The highest BCUT2D eigenvalue weighted by Crippen LogP contribution is 2.25. The van der Waals surface area contributed by atoms with Gasteiger partial charge in [-0.1, -0.05) is 36.7 Å². The van der Waals surface area contributed by atoms with Gasteiger partial charge in [0.1, 0.15) is 0 Å². The summed E-state index contributed by atoms with van der Waals surface area (Å²) in [5.74, 6) is 0.0854. The second-order valence-electron chi connectivity index (χ2n) is 4.91. The van der Waals surface area contributed by atoms with Crippen LogP contribution in [0.15, 0.2) is 18.2 Å². The van der Waals surface area contributed by atoms with Crippen LogP contribution in [0, 0.1) is 10.5 Å². The standard InChI is InChI=1S/C16H18ClIN2O/c1-4-12-15(17)13(20(5-2)19-12)9-14(21)11-8-6-7-10(3)16(11)18/h6-8H,4-5,9H2,1-3H3. The van der Waals surface area contributed by atoms with Crippen molar-refractivity contribution in [3.63, 3.8) is 0 Å². The van der Waals surface area contributed by atoms with Gasteiger partial charge < -0.3 is 0 Å². The average Bonchev–Trinajstić information content (AvgIpc) is 2.78. The van der Waals surface area contributed by atoms with E-state index in [-0.39, 0.29) is 5.78 Å². The zero-order chi connectivity index (χ0) is 15.6. The maximum atomic E-state index is 12.6. The van der Waals surface area contributed by atoms with Crippen molar-refractivity contribution in [2.24, 2.45) is 0 Å². The van der Waals surface area contributed by atoms with Crippen LogP contribution in [0.2, 0.25) is 5.02 Å². The molecule has 2 rings (SSSR count). The molecule has 5 heteroatoms. The fourth-order valence-electron chi connectivity index (χ4n) is 2.30. The molecule has 0 aliphatic heterocycles. The number of aryl methyl sites for hydroxylation is 3. The molecule has 1 heterocycles. The number of ketones is 1. The van der Waals surface area contributed by atoms with Gasteiger partial charge in [-0.2, -0.15) is 5.10 Å². The Morgan fingerprint density at radius 2 is 2.10 bits per heavy atom. The molecule has 112 valence electrons. The second-order valence-corrected chi connectivity index (χ2v) is 6.37. The third kappa shape index (κ3) is 3.31. The number of rotatable bonds is 5. The van der Waals surface area contributed by atoms with Crippen molar-refractivity contribution >= 4 is 40.0 Å². The molecule has 2 aromatic rings. The van der Waals surface area contributed by atoms with Crippen LogP contribution < -0.4 is 0 Å². The van der Waals surface area contributed by atoms with Crippen LogP contribution >= 0.6 is 34.2 Å². The van der Waals surface area contributed by atoms with Crippen molar-refractivity contribution in [1.29, 1.82) is 0 Å². The first kappa shape index (κ1) is 16.5. The van der Waals surface area contributed by atoms with Crippen LogP contribution in [0.4, 0.5) is 0 Å². The second kappa shape index (κ2) is 6.92. The van der Waals surface area contributed by atoms with Crippen molar-refractivity contribution in [3.8, 4) is 0 Å². The summed E-state index contributed by atoms with van der Waals surface area (Å²) in [7, 11) is 0. The van der Waals surface area contributed by atoms with Crippen molar-refractivity contribution in [2.45, 2.75) is 40.2 Å². The predicted molar refractivity (Wildman–Crippen MR) is 94.2 cm³/mol. The zero-order valence-electron chi connectivity index (χ0n) is 12.4. The molecular formula is C16H18ClIN2O. The van der Waals surface area contributed by atoms with E-state index in [0.717, 1.165) is 32.5 Å². The minimum absolute atomic E-state index is 0.0854. The quantitative estimate of drug-likeness (QED) is 0.533. The maximum absolute atomic E-state index is 12.6. The van der Waals surface area contributed by atoms with Crippen LogP contribution in [0.1, 0.15) is 41.2 Å². The topological polar surface area (TPSA) is 34.9 Å². The lowest BCUT2D eigenvalue weighted by molar-refractivity contribution is 0.0989. The van der Waals surface area contributed by atoms with Gasteiger partial charge in [0.2, 0.25) is 0 Å². The minimum Gasteiger partial charge on any atom is -0.294 e. The van der Waals surface area contributed by atoms with Crippen LogP contribution in [0.25, 0.3) is 0 Å². The van der Waals surface area contributed by atoms with E-state index >= 15 is 0 Å². The normalized spacial score (nSPS) is 10.9. The van der Waals surface area contributed by atoms with Gasteiger partial charge in [-0.25, -0.2) is 0 Å². The third-order valence-electron chi connectivity index (χ3n) is 3.51. The van der Waals surface area contributed by atoms with E-state index in [1.807, 2.05) is 43.7 Å². The van der Waals surface area contributed by atoms with Crippen LogP contribution in [-0.4, -0.2) is 15.6 Å². The number of hydrogen-bond acceptors (Lipinski definition) is 2. The molecule has 0 saturated heterocycles. The number of nitrogens with zero attached hydrogens (tertiary/aromatic N) is 2. The predicted octanol–water partition coefficient (Wildman–Crippen LogP) is 4.46. The van der Waals surface area contributed by atoms with Gasteiger partial charge in [0.05, 0.1) is 22.8 Å². The molecule has 0 N–H and O–H groups in total. The van der Waals surface area contributed by atoms with E-state index in [2.05, 4.69) is 27.7 Å². The molecule has 0 aliphatic rings. The Kier molecular flexibility index (Phi) is 5.43. The van der Waals surface area contributed by atoms with Crippen LogP contribution in [0.3, 0.4) is 0 Å². The van der Waals surface area contributed by atoms with Crippen molar-refractivity contribution in [3.05, 3.63) is 49.3 Å². The first-order valence-corrected chi connectivity index (χ1v) is 8.47. The van der Waals surface area contributed by atoms with E-state index in [9.17, 15) is 4.79 Å². The lowest BCUT2D eigenvalue weighted by Crippen LogP contribution is -2.11. The molecule has 0 bridgehead atoms. The van der Waals surface area contributed by atoms with Gasteiger partial charge in [-0.05, 0) is 48.4 Å². The molecule has 0 aliphatic carbocycles. The van der Waals surface area contributed by atoms with Gasteiger partial charge in [0.25, 0.3) is 0 Å². The monoisotopic (exact) mass is 416 g/mol. The molecule has 1 aromatic carbocycles. The molecule has 0 amide bonds. The van der Waals surface area contributed by atoms with Crippen LogP contribution in [0.5, 0.6) is 0 Å². The summed E-state index contributed by atoms with van der Waals surface area (Å²) in [6, 6.07) is 5.80. The number of halogens is 2. The number of hydrogen-bond donors (Lipinski definition) is 0. The molecule has 0 atom stereocenters. The van der Waals surface area contributed by atoms with Crippen molar-refractivity contribution < 1.29 is 4.79 Å². The number of benzene rings is 1. The van der Waals surface area contributed by atoms with Gasteiger partial charge >= 0.3 is 0 Å². The summed E-state index contributed by atoms with van der Waals surface area (Å²) in [5.41, 5.74) is 3.55. The summed E-state index contributed by atoms with van der Waals surface area (Å²) in [6.45, 7) is 6.75. The number of aromatic nitrogens is 2. The van der Waals surface area contributed by atoms with Gasteiger partial charge in [-0.3, -0.25) is 9.48 Å². The van der Waals surface area contributed by atoms with Gasteiger partial charge in [0.15, 0.2) is 5.78 Å². The lowest BCUT2D eigenvalue weighted by atomic mass is 10.0. The highest BCUT2D eigenvalue weighted by Gasteiger charge is 2.19. The fraction of sp³-hybridized carbons (Fsp3) is 0.375. The Morgan fingerprint density at radius 3 is 2.71 bits per heavy atom. The Bertz CT molecular complexity index is 679. The first-order chi connectivity index (χ1) is 9.99. The zero-order valence-corrected chi connectivity index (χ0v) is 15.3. The molecule has 0 unspecified atom stereocenters. The number of carbonyl (C=O) groups is 1. The summed E-state index contributed by atoms with van der Waals surface area (Å²) in [6.07, 6.45) is 1.06. The summed E-state index contributed by atoms with van der Waals surface area (Å²) < 4.78 is 2.84. The number of carbonyl (C=O) groups excluding carboxylic acids is 1. The van der Waals surface area contributed by atoms with Gasteiger partial charge in [-0.15, -0.1) is 0 Å². The van der Waals surface area contributed by atoms with E-state index in [1.54, 1.807) is 0 Å². The Labute approximate surface area is 143 Å². The summed E-state index contributed by atoms with van der Waals surface area (Å²) in [4.78, 5) is 12.6. The highest BCUT2D eigenvalue weighted by atomic mass is 127. The fourth-order valence-corrected chi connectivity index (χ4v) is 3.29. The lowest BCUT2D eigenvalue weighted by Gasteiger charge is -2.08.